The Hall–Kier alpha value is -0.400. The molecule has 0 radical (unpaired) electrons. The van der Waals surface area contributed by atoms with Gasteiger partial charge in [-0.25, -0.2) is 12.8 Å². The van der Waals surface area contributed by atoms with Crippen molar-refractivity contribution in [2.24, 2.45) is 0 Å². The average Bonchev–Trinajstić information content (AvgIpc) is 2.82. The molecule has 0 amide bonds. The summed E-state index contributed by atoms with van der Waals surface area (Å²) in [5.41, 5.74) is 0. The molecule has 0 spiro atoms. The summed E-state index contributed by atoms with van der Waals surface area (Å²) >= 11 is 5.65. The van der Waals surface area contributed by atoms with Crippen molar-refractivity contribution in [1.29, 1.82) is 0 Å². The number of hydrogen-bond donors (Lipinski definition) is 1. The normalized spacial score (nSPS) is 19.9. The fraction of sp³-hybridized carbons (Fsp3) is 0.500. The summed E-state index contributed by atoms with van der Waals surface area (Å²) in [5, 5.41) is 2.79. The van der Waals surface area contributed by atoms with Crippen LogP contribution in [0.1, 0.15) is 12.8 Å². The van der Waals surface area contributed by atoms with Crippen molar-refractivity contribution in [3.8, 4) is 0 Å². The van der Waals surface area contributed by atoms with Gasteiger partial charge in [-0.1, -0.05) is 17.7 Å². The van der Waals surface area contributed by atoms with Gasteiger partial charge in [-0.2, -0.15) is 4.31 Å². The van der Waals surface area contributed by atoms with E-state index in [9.17, 15) is 12.8 Å². The molecule has 1 atom stereocenters. The summed E-state index contributed by atoms with van der Waals surface area (Å²) in [5.74, 6) is -0.876. The molecule has 1 aliphatic rings. The predicted molar refractivity (Wildman–Crippen MR) is 79.5 cm³/mol. The van der Waals surface area contributed by atoms with E-state index in [0.29, 0.717) is 13.1 Å². The van der Waals surface area contributed by atoms with Crippen LogP contribution >= 0.6 is 24.0 Å². The third-order valence-corrected chi connectivity index (χ3v) is 5.53. The zero-order chi connectivity index (χ0) is 14.0. The van der Waals surface area contributed by atoms with Crippen molar-refractivity contribution in [1.82, 2.24) is 9.62 Å². The van der Waals surface area contributed by atoms with E-state index in [1.54, 1.807) is 7.05 Å². The molecular formula is C12H17Cl2FN2O2S. The lowest BCUT2D eigenvalue weighted by Gasteiger charge is -2.24. The van der Waals surface area contributed by atoms with Gasteiger partial charge in [-0.05, 0) is 32.0 Å². The molecule has 1 saturated heterocycles. The van der Waals surface area contributed by atoms with Crippen LogP contribution in [0.5, 0.6) is 0 Å². The first-order valence-electron chi connectivity index (χ1n) is 6.09. The lowest BCUT2D eigenvalue weighted by molar-refractivity contribution is 0.377. The fourth-order valence-corrected chi connectivity index (χ4v) is 4.39. The first kappa shape index (κ1) is 17.7. The fourth-order valence-electron chi connectivity index (χ4n) is 2.37. The molecule has 4 nitrogen and oxygen atoms in total. The summed E-state index contributed by atoms with van der Waals surface area (Å²) in [7, 11) is -2.06. The molecule has 1 N–H and O–H groups in total. The van der Waals surface area contributed by atoms with Gasteiger partial charge in [0.15, 0.2) is 5.82 Å². The van der Waals surface area contributed by atoms with Gasteiger partial charge in [0.1, 0.15) is 4.90 Å². The Morgan fingerprint density at radius 1 is 1.50 bits per heavy atom. The number of sulfonamides is 1. The summed E-state index contributed by atoms with van der Waals surface area (Å²) < 4.78 is 40.3. The van der Waals surface area contributed by atoms with E-state index in [-0.39, 0.29) is 28.4 Å². The highest BCUT2D eigenvalue weighted by molar-refractivity contribution is 7.89. The first-order chi connectivity index (χ1) is 8.98. The van der Waals surface area contributed by atoms with E-state index in [1.807, 2.05) is 0 Å². The zero-order valence-electron chi connectivity index (χ0n) is 11.0. The maximum Gasteiger partial charge on any atom is 0.246 e. The van der Waals surface area contributed by atoms with Gasteiger partial charge >= 0.3 is 0 Å². The van der Waals surface area contributed by atoms with Crippen LogP contribution in [0.4, 0.5) is 4.39 Å². The van der Waals surface area contributed by atoms with E-state index in [0.717, 1.165) is 12.8 Å². The smallest absolute Gasteiger partial charge is 0.246 e. The summed E-state index contributed by atoms with van der Waals surface area (Å²) in [6, 6.07) is 3.91. The lowest BCUT2D eigenvalue weighted by atomic mass is 10.2. The lowest BCUT2D eigenvalue weighted by Crippen LogP contribution is -2.41. The Morgan fingerprint density at radius 3 is 2.85 bits per heavy atom. The molecule has 1 heterocycles. The molecule has 2 rings (SSSR count). The second-order valence-corrected chi connectivity index (χ2v) is 6.79. The van der Waals surface area contributed by atoms with Crippen LogP contribution in [0.3, 0.4) is 0 Å². The van der Waals surface area contributed by atoms with E-state index >= 15 is 0 Å². The van der Waals surface area contributed by atoms with Gasteiger partial charge in [-0.15, -0.1) is 12.4 Å². The van der Waals surface area contributed by atoms with Crippen molar-refractivity contribution in [3.63, 3.8) is 0 Å². The largest absolute Gasteiger partial charge is 0.318 e. The van der Waals surface area contributed by atoms with Crippen LogP contribution in [0.25, 0.3) is 0 Å². The number of rotatable bonds is 4. The molecule has 0 bridgehead atoms. The molecule has 0 saturated carbocycles. The average molecular weight is 343 g/mol. The van der Waals surface area contributed by atoms with Crippen molar-refractivity contribution >= 4 is 34.0 Å². The first-order valence-corrected chi connectivity index (χ1v) is 7.90. The van der Waals surface area contributed by atoms with Crippen molar-refractivity contribution in [3.05, 3.63) is 29.0 Å². The van der Waals surface area contributed by atoms with Crippen LogP contribution in [-0.2, 0) is 10.0 Å². The Labute approximate surface area is 129 Å². The molecule has 1 aromatic rings. The Morgan fingerprint density at radius 2 is 2.20 bits per heavy atom. The van der Waals surface area contributed by atoms with E-state index in [4.69, 9.17) is 11.6 Å². The maximum absolute atomic E-state index is 13.9. The van der Waals surface area contributed by atoms with Gasteiger partial charge in [0.05, 0.1) is 5.02 Å². The van der Waals surface area contributed by atoms with Crippen LogP contribution < -0.4 is 5.32 Å². The van der Waals surface area contributed by atoms with E-state index in [1.165, 1.54) is 22.5 Å². The molecule has 0 aliphatic carbocycles. The third kappa shape index (κ3) is 3.26. The zero-order valence-corrected chi connectivity index (χ0v) is 13.4. The van der Waals surface area contributed by atoms with Crippen molar-refractivity contribution in [2.45, 2.75) is 23.8 Å². The quantitative estimate of drug-likeness (QED) is 0.913. The van der Waals surface area contributed by atoms with Crippen molar-refractivity contribution in [2.75, 3.05) is 20.1 Å². The molecule has 1 unspecified atom stereocenters. The second-order valence-electron chi connectivity index (χ2n) is 4.52. The molecule has 1 aromatic carbocycles. The number of likely N-dealkylation sites (N-methyl/N-ethyl adjacent to an activating group) is 1. The highest BCUT2D eigenvalue weighted by Crippen LogP contribution is 2.29. The SMILES string of the molecule is CNCC1CCCN1S(=O)(=O)c1cccc(Cl)c1F.Cl. The minimum atomic E-state index is -3.83. The number of halogens is 3. The minimum Gasteiger partial charge on any atom is -0.318 e. The molecule has 8 heteroatoms. The summed E-state index contributed by atoms with van der Waals surface area (Å²) in [6.45, 7) is 0.974. The molecule has 1 aliphatic heterocycles. The Bertz CT molecular complexity index is 569. The van der Waals surface area contributed by atoms with Gasteiger partial charge < -0.3 is 5.32 Å². The number of nitrogens with zero attached hydrogens (tertiary/aromatic N) is 1. The summed E-state index contributed by atoms with van der Waals surface area (Å²) in [4.78, 5) is -0.344. The molecular weight excluding hydrogens is 326 g/mol. The molecule has 20 heavy (non-hydrogen) atoms. The maximum atomic E-state index is 13.9. The van der Waals surface area contributed by atoms with E-state index < -0.39 is 15.8 Å². The molecule has 1 fully saturated rings. The van der Waals surface area contributed by atoms with Crippen molar-refractivity contribution < 1.29 is 12.8 Å². The van der Waals surface area contributed by atoms with Crippen LogP contribution in [0, 0.1) is 5.82 Å². The topological polar surface area (TPSA) is 49.4 Å². The highest BCUT2D eigenvalue weighted by Gasteiger charge is 2.36. The standard InChI is InChI=1S/C12H16ClFN2O2S.ClH/c1-15-8-9-4-3-7-16(9)19(17,18)11-6-2-5-10(13)12(11)14;/h2,5-6,9,15H,3-4,7-8H2,1H3;1H. The monoisotopic (exact) mass is 342 g/mol. The Balaban J connectivity index is 0.00000200. The van der Waals surface area contributed by atoms with Crippen LogP contribution in [0.2, 0.25) is 5.02 Å². The van der Waals surface area contributed by atoms with Crippen LogP contribution in [-0.4, -0.2) is 38.9 Å². The van der Waals surface area contributed by atoms with Gasteiger partial charge in [-0.3, -0.25) is 0 Å². The Kier molecular flexibility index (Phi) is 6.22. The number of hydrogen-bond acceptors (Lipinski definition) is 3. The molecule has 0 aromatic heterocycles. The van der Waals surface area contributed by atoms with E-state index in [2.05, 4.69) is 5.32 Å². The predicted octanol–water partition coefficient (Wildman–Crippen LogP) is 2.27. The summed E-state index contributed by atoms with van der Waals surface area (Å²) in [6.07, 6.45) is 1.57. The number of benzene rings is 1. The second kappa shape index (κ2) is 7.04. The van der Waals surface area contributed by atoms with Gasteiger partial charge in [0.25, 0.3) is 0 Å². The third-order valence-electron chi connectivity index (χ3n) is 3.27. The minimum absolute atomic E-state index is 0. The van der Waals surface area contributed by atoms with Crippen LogP contribution in [0.15, 0.2) is 23.1 Å². The van der Waals surface area contributed by atoms with Gasteiger partial charge in [0, 0.05) is 19.1 Å². The highest BCUT2D eigenvalue weighted by atomic mass is 35.5. The number of nitrogens with one attached hydrogen (secondary N) is 1. The van der Waals surface area contributed by atoms with Gasteiger partial charge in [0.2, 0.25) is 10.0 Å². The molecule has 114 valence electrons.